The summed E-state index contributed by atoms with van der Waals surface area (Å²) in [6, 6.07) is 15.6. The second-order valence-corrected chi connectivity index (χ2v) is 5.09. The molecule has 0 aliphatic heterocycles. The second-order valence-electron chi connectivity index (χ2n) is 4.53. The molecule has 19 heavy (non-hydrogen) atoms. The molecule has 100 valence electrons. The number of hydrogen-bond donors (Lipinski definition) is 0. The molecule has 0 saturated carbocycles. The van der Waals surface area contributed by atoms with Gasteiger partial charge in [0.1, 0.15) is 5.82 Å². The monoisotopic (exact) mass is 321 g/mol. The van der Waals surface area contributed by atoms with E-state index in [1.165, 1.54) is 11.6 Å². The molecule has 2 aromatic carbocycles. The number of anilines is 1. The average molecular weight is 322 g/mol. The highest BCUT2D eigenvalue weighted by molar-refractivity contribution is 9.08. The van der Waals surface area contributed by atoms with Crippen LogP contribution in [0.25, 0.3) is 0 Å². The number of benzene rings is 2. The Morgan fingerprint density at radius 1 is 1.05 bits per heavy atom. The normalized spacial score (nSPS) is 10.5. The smallest absolute Gasteiger partial charge is 0.129 e. The van der Waals surface area contributed by atoms with Crippen LogP contribution in [-0.4, -0.2) is 13.6 Å². The zero-order valence-corrected chi connectivity index (χ0v) is 12.5. The van der Waals surface area contributed by atoms with Gasteiger partial charge in [-0.05, 0) is 24.1 Å². The number of alkyl halides is 1. The zero-order valence-electron chi connectivity index (χ0n) is 10.9. The SMILES string of the molecule is CN(CCc1ccccc1)c1cccc(F)c1CBr. The summed E-state index contributed by atoms with van der Waals surface area (Å²) in [6.07, 6.45) is 0.954. The van der Waals surface area contributed by atoms with Gasteiger partial charge in [-0.3, -0.25) is 0 Å². The van der Waals surface area contributed by atoms with Crippen LogP contribution in [0.4, 0.5) is 10.1 Å². The minimum Gasteiger partial charge on any atom is -0.374 e. The van der Waals surface area contributed by atoms with Crippen LogP contribution >= 0.6 is 15.9 Å². The summed E-state index contributed by atoms with van der Waals surface area (Å²) in [5.41, 5.74) is 2.97. The van der Waals surface area contributed by atoms with E-state index in [9.17, 15) is 4.39 Å². The molecule has 0 atom stereocenters. The highest BCUT2D eigenvalue weighted by atomic mass is 79.9. The molecule has 0 aliphatic rings. The van der Waals surface area contributed by atoms with Crippen molar-refractivity contribution in [3.8, 4) is 0 Å². The van der Waals surface area contributed by atoms with Gasteiger partial charge in [0.25, 0.3) is 0 Å². The fourth-order valence-corrected chi connectivity index (χ4v) is 2.65. The summed E-state index contributed by atoms with van der Waals surface area (Å²) in [6.45, 7) is 0.869. The number of rotatable bonds is 5. The lowest BCUT2D eigenvalue weighted by Crippen LogP contribution is -2.21. The minimum atomic E-state index is -0.152. The molecule has 0 heterocycles. The third-order valence-corrected chi connectivity index (χ3v) is 3.78. The van der Waals surface area contributed by atoms with Gasteiger partial charge in [-0.2, -0.15) is 0 Å². The molecule has 0 radical (unpaired) electrons. The average Bonchev–Trinajstić information content (AvgIpc) is 2.45. The maximum atomic E-state index is 13.7. The molecule has 0 amide bonds. The Hall–Kier alpha value is -1.35. The van der Waals surface area contributed by atoms with E-state index in [4.69, 9.17) is 0 Å². The number of hydrogen-bond acceptors (Lipinski definition) is 1. The first kappa shape index (κ1) is 14.1. The fraction of sp³-hybridized carbons (Fsp3) is 0.250. The zero-order chi connectivity index (χ0) is 13.7. The molecule has 0 unspecified atom stereocenters. The van der Waals surface area contributed by atoms with E-state index < -0.39 is 0 Å². The molecular formula is C16H17BrFN. The van der Waals surface area contributed by atoms with Crippen molar-refractivity contribution in [3.05, 3.63) is 65.5 Å². The lowest BCUT2D eigenvalue weighted by Gasteiger charge is -2.22. The van der Waals surface area contributed by atoms with E-state index in [2.05, 4.69) is 33.0 Å². The molecule has 2 rings (SSSR count). The largest absolute Gasteiger partial charge is 0.374 e. The summed E-state index contributed by atoms with van der Waals surface area (Å²) in [5, 5.41) is 0.532. The Morgan fingerprint density at radius 2 is 1.79 bits per heavy atom. The number of likely N-dealkylation sites (N-methyl/N-ethyl adjacent to an activating group) is 1. The van der Waals surface area contributed by atoms with Crippen molar-refractivity contribution in [1.82, 2.24) is 0 Å². The van der Waals surface area contributed by atoms with E-state index in [1.807, 2.05) is 31.3 Å². The Labute approximate surface area is 122 Å². The van der Waals surface area contributed by atoms with Gasteiger partial charge in [0.15, 0.2) is 0 Å². The highest BCUT2D eigenvalue weighted by Crippen LogP contribution is 2.24. The van der Waals surface area contributed by atoms with Gasteiger partial charge in [-0.1, -0.05) is 52.3 Å². The lowest BCUT2D eigenvalue weighted by atomic mass is 10.1. The van der Waals surface area contributed by atoms with Crippen LogP contribution in [0.5, 0.6) is 0 Å². The highest BCUT2D eigenvalue weighted by Gasteiger charge is 2.10. The third kappa shape index (κ3) is 3.57. The molecule has 1 nitrogen and oxygen atoms in total. The lowest BCUT2D eigenvalue weighted by molar-refractivity contribution is 0.617. The maximum absolute atomic E-state index is 13.7. The molecule has 0 bridgehead atoms. The third-order valence-electron chi connectivity index (χ3n) is 3.22. The first-order valence-electron chi connectivity index (χ1n) is 6.31. The standard InChI is InChI=1S/C16H17BrFN/c1-19(11-10-13-6-3-2-4-7-13)16-9-5-8-15(18)14(16)12-17/h2-9H,10-12H2,1H3. The van der Waals surface area contributed by atoms with E-state index >= 15 is 0 Å². The molecule has 0 fully saturated rings. The van der Waals surface area contributed by atoms with Crippen molar-refractivity contribution in [3.63, 3.8) is 0 Å². The summed E-state index contributed by atoms with van der Waals surface area (Å²) >= 11 is 3.36. The van der Waals surface area contributed by atoms with Gasteiger partial charge in [0.05, 0.1) is 0 Å². The van der Waals surface area contributed by atoms with Crippen molar-refractivity contribution in [2.24, 2.45) is 0 Å². The van der Waals surface area contributed by atoms with Gasteiger partial charge in [-0.25, -0.2) is 4.39 Å². The van der Waals surface area contributed by atoms with Crippen LogP contribution < -0.4 is 4.90 Å². The van der Waals surface area contributed by atoms with Crippen LogP contribution in [0, 0.1) is 5.82 Å². The van der Waals surface area contributed by atoms with E-state index in [1.54, 1.807) is 6.07 Å². The maximum Gasteiger partial charge on any atom is 0.129 e. The molecule has 0 aromatic heterocycles. The van der Waals surface area contributed by atoms with Crippen LogP contribution in [0.15, 0.2) is 48.5 Å². The van der Waals surface area contributed by atoms with E-state index in [0.717, 1.165) is 24.2 Å². The topological polar surface area (TPSA) is 3.24 Å². The molecule has 3 heteroatoms. The number of nitrogens with zero attached hydrogens (tertiary/aromatic N) is 1. The molecule has 0 aliphatic carbocycles. The van der Waals surface area contributed by atoms with Crippen molar-refractivity contribution in [1.29, 1.82) is 0 Å². The van der Waals surface area contributed by atoms with E-state index in [0.29, 0.717) is 5.33 Å². The van der Waals surface area contributed by atoms with Gasteiger partial charge >= 0.3 is 0 Å². The minimum absolute atomic E-state index is 0.152. The van der Waals surface area contributed by atoms with Crippen molar-refractivity contribution < 1.29 is 4.39 Å². The van der Waals surface area contributed by atoms with Gasteiger partial charge in [0.2, 0.25) is 0 Å². The first-order chi connectivity index (χ1) is 9.22. The summed E-state index contributed by atoms with van der Waals surface area (Å²) in [4.78, 5) is 2.10. The van der Waals surface area contributed by atoms with Crippen molar-refractivity contribution in [2.75, 3.05) is 18.5 Å². The van der Waals surface area contributed by atoms with Crippen molar-refractivity contribution in [2.45, 2.75) is 11.8 Å². The number of halogens is 2. The van der Waals surface area contributed by atoms with Crippen LogP contribution in [-0.2, 0) is 11.8 Å². The van der Waals surface area contributed by atoms with E-state index in [-0.39, 0.29) is 5.82 Å². The Balaban J connectivity index is 2.08. The molecular weight excluding hydrogens is 305 g/mol. The second kappa shape index (κ2) is 6.71. The Kier molecular flexibility index (Phi) is 4.97. The molecule has 2 aromatic rings. The predicted octanol–water partition coefficient (Wildman–Crippen LogP) is 4.40. The molecule has 0 saturated heterocycles. The molecule has 0 spiro atoms. The fourth-order valence-electron chi connectivity index (χ4n) is 2.10. The molecule has 0 N–H and O–H groups in total. The summed E-state index contributed by atoms with van der Waals surface area (Å²) < 4.78 is 13.7. The quantitative estimate of drug-likeness (QED) is 0.738. The van der Waals surface area contributed by atoms with Crippen LogP contribution in [0.2, 0.25) is 0 Å². The summed E-state index contributed by atoms with van der Waals surface area (Å²) in [5.74, 6) is -0.152. The Morgan fingerprint density at radius 3 is 2.47 bits per heavy atom. The van der Waals surface area contributed by atoms with Crippen molar-refractivity contribution >= 4 is 21.6 Å². The van der Waals surface area contributed by atoms with Gasteiger partial charge in [-0.15, -0.1) is 0 Å². The first-order valence-corrected chi connectivity index (χ1v) is 7.43. The predicted molar refractivity (Wildman–Crippen MR) is 82.4 cm³/mol. The van der Waals surface area contributed by atoms with Gasteiger partial charge in [0, 0.05) is 30.2 Å². The van der Waals surface area contributed by atoms with Crippen LogP contribution in [0.3, 0.4) is 0 Å². The van der Waals surface area contributed by atoms with Crippen LogP contribution in [0.1, 0.15) is 11.1 Å². The Bertz CT molecular complexity index is 528. The van der Waals surface area contributed by atoms with Gasteiger partial charge < -0.3 is 4.90 Å². The summed E-state index contributed by atoms with van der Waals surface area (Å²) in [7, 11) is 2.00.